The Morgan fingerprint density at radius 1 is 1.29 bits per heavy atom. The molecule has 0 unspecified atom stereocenters. The van der Waals surface area contributed by atoms with Gasteiger partial charge < -0.3 is 14.6 Å². The smallest absolute Gasteiger partial charge is 0.328 e. The number of hydrogen-bond donors (Lipinski definition) is 1. The van der Waals surface area contributed by atoms with Crippen LogP contribution in [-0.4, -0.2) is 24.3 Å². The fraction of sp³-hybridized carbons (Fsp3) is 0.471. The Hall–Kier alpha value is -1.97. The van der Waals surface area contributed by atoms with Gasteiger partial charge in [-0.05, 0) is 49.5 Å². The van der Waals surface area contributed by atoms with Gasteiger partial charge in [-0.3, -0.25) is 0 Å². The van der Waals surface area contributed by atoms with Gasteiger partial charge in [0.05, 0.1) is 13.2 Å². The zero-order valence-corrected chi connectivity index (χ0v) is 12.4. The predicted octanol–water partition coefficient (Wildman–Crippen LogP) is 3.75. The molecule has 0 amide bonds. The molecule has 0 aliphatic heterocycles. The van der Waals surface area contributed by atoms with Crippen LogP contribution in [0.5, 0.6) is 11.5 Å². The largest absolute Gasteiger partial charge is 0.490 e. The molecular formula is C17H22O4. The number of ether oxygens (including phenoxy) is 2. The fourth-order valence-electron chi connectivity index (χ4n) is 2.57. The van der Waals surface area contributed by atoms with Gasteiger partial charge in [0, 0.05) is 6.08 Å². The van der Waals surface area contributed by atoms with Crippen LogP contribution in [0.1, 0.15) is 38.2 Å². The predicted molar refractivity (Wildman–Crippen MR) is 81.7 cm³/mol. The van der Waals surface area contributed by atoms with Gasteiger partial charge in [-0.25, -0.2) is 4.79 Å². The number of aliphatic carboxylic acids is 1. The SMILES string of the molecule is CCOc1cc(C=CC(=O)O)ccc1OCC1CCCC1. The Bertz CT molecular complexity index is 502. The quantitative estimate of drug-likeness (QED) is 0.777. The molecule has 4 nitrogen and oxygen atoms in total. The lowest BCUT2D eigenvalue weighted by Gasteiger charge is -2.15. The number of benzene rings is 1. The summed E-state index contributed by atoms with van der Waals surface area (Å²) < 4.78 is 11.5. The molecule has 4 heteroatoms. The Balaban J connectivity index is 2.06. The molecule has 0 aromatic heterocycles. The lowest BCUT2D eigenvalue weighted by Crippen LogP contribution is -2.09. The summed E-state index contributed by atoms with van der Waals surface area (Å²) in [6, 6.07) is 5.50. The van der Waals surface area contributed by atoms with Gasteiger partial charge in [0.2, 0.25) is 0 Å². The number of hydrogen-bond acceptors (Lipinski definition) is 3. The van der Waals surface area contributed by atoms with Crippen LogP contribution in [0.15, 0.2) is 24.3 Å². The van der Waals surface area contributed by atoms with Gasteiger partial charge in [0.15, 0.2) is 11.5 Å². The van der Waals surface area contributed by atoms with Gasteiger partial charge >= 0.3 is 5.97 Å². The van der Waals surface area contributed by atoms with Crippen LogP contribution in [0.3, 0.4) is 0 Å². The van der Waals surface area contributed by atoms with Crippen molar-refractivity contribution in [2.45, 2.75) is 32.6 Å². The highest BCUT2D eigenvalue weighted by atomic mass is 16.5. The Morgan fingerprint density at radius 2 is 2.05 bits per heavy atom. The first-order valence-electron chi connectivity index (χ1n) is 7.49. The molecule has 0 spiro atoms. The Morgan fingerprint density at radius 3 is 2.71 bits per heavy atom. The van der Waals surface area contributed by atoms with E-state index >= 15 is 0 Å². The summed E-state index contributed by atoms with van der Waals surface area (Å²) in [6.45, 7) is 3.19. The van der Waals surface area contributed by atoms with Crippen molar-refractivity contribution < 1.29 is 19.4 Å². The molecule has 114 valence electrons. The van der Waals surface area contributed by atoms with E-state index in [9.17, 15) is 4.79 Å². The highest BCUT2D eigenvalue weighted by Crippen LogP contribution is 2.31. The summed E-state index contributed by atoms with van der Waals surface area (Å²) in [5.41, 5.74) is 0.786. The summed E-state index contributed by atoms with van der Waals surface area (Å²) in [4.78, 5) is 10.6. The molecule has 0 radical (unpaired) electrons. The number of carboxylic acid groups (broad SMARTS) is 1. The monoisotopic (exact) mass is 290 g/mol. The number of rotatable bonds is 7. The minimum absolute atomic E-state index is 0.548. The normalized spacial score (nSPS) is 15.5. The average molecular weight is 290 g/mol. The van der Waals surface area contributed by atoms with Crippen molar-refractivity contribution in [2.75, 3.05) is 13.2 Å². The van der Waals surface area contributed by atoms with Crippen LogP contribution in [0, 0.1) is 5.92 Å². The standard InChI is InChI=1S/C17H22O4/c1-2-20-16-11-13(8-10-17(18)19)7-9-15(16)21-12-14-5-3-4-6-14/h7-11,14H,2-6,12H2,1H3,(H,18,19). The van der Waals surface area contributed by atoms with Crippen molar-refractivity contribution in [1.29, 1.82) is 0 Å². The van der Waals surface area contributed by atoms with E-state index in [4.69, 9.17) is 14.6 Å². The molecule has 2 rings (SSSR count). The number of carbonyl (C=O) groups is 1. The summed E-state index contributed by atoms with van der Waals surface area (Å²) >= 11 is 0. The first-order chi connectivity index (χ1) is 10.2. The minimum Gasteiger partial charge on any atom is -0.490 e. The molecule has 1 saturated carbocycles. The zero-order chi connectivity index (χ0) is 15.1. The molecular weight excluding hydrogens is 268 g/mol. The second-order valence-electron chi connectivity index (χ2n) is 5.27. The maximum Gasteiger partial charge on any atom is 0.328 e. The van der Waals surface area contributed by atoms with E-state index in [1.807, 2.05) is 25.1 Å². The van der Waals surface area contributed by atoms with E-state index in [-0.39, 0.29) is 0 Å². The summed E-state index contributed by atoms with van der Waals surface area (Å²) in [6.07, 6.45) is 7.74. The summed E-state index contributed by atoms with van der Waals surface area (Å²) in [5.74, 6) is 1.08. The maximum atomic E-state index is 10.6. The first kappa shape index (κ1) is 15.4. The van der Waals surface area contributed by atoms with Crippen molar-refractivity contribution in [2.24, 2.45) is 5.92 Å². The fourth-order valence-corrected chi connectivity index (χ4v) is 2.57. The van der Waals surface area contributed by atoms with Crippen molar-refractivity contribution in [3.8, 4) is 11.5 Å². The van der Waals surface area contributed by atoms with E-state index in [1.54, 1.807) is 6.08 Å². The Kier molecular flexibility index (Phi) is 5.67. The van der Waals surface area contributed by atoms with Crippen molar-refractivity contribution in [1.82, 2.24) is 0 Å². The van der Waals surface area contributed by atoms with Crippen molar-refractivity contribution in [3.63, 3.8) is 0 Å². The molecule has 1 aromatic carbocycles. The topological polar surface area (TPSA) is 55.8 Å². The molecule has 1 fully saturated rings. The minimum atomic E-state index is -0.963. The van der Waals surface area contributed by atoms with E-state index in [0.717, 1.165) is 24.0 Å². The molecule has 21 heavy (non-hydrogen) atoms. The summed E-state index contributed by atoms with van der Waals surface area (Å²) in [5, 5.41) is 8.66. The zero-order valence-electron chi connectivity index (χ0n) is 12.4. The van der Waals surface area contributed by atoms with Crippen molar-refractivity contribution in [3.05, 3.63) is 29.8 Å². The third kappa shape index (κ3) is 4.81. The van der Waals surface area contributed by atoms with Gasteiger partial charge in [-0.2, -0.15) is 0 Å². The molecule has 0 bridgehead atoms. The molecule has 1 aromatic rings. The molecule has 0 saturated heterocycles. The molecule has 0 atom stereocenters. The second-order valence-corrected chi connectivity index (χ2v) is 5.27. The van der Waals surface area contributed by atoms with Crippen LogP contribution >= 0.6 is 0 Å². The molecule has 1 aliphatic rings. The third-order valence-corrected chi connectivity index (χ3v) is 3.64. The van der Waals surface area contributed by atoms with Gasteiger partial charge in [-0.1, -0.05) is 18.9 Å². The second kappa shape index (κ2) is 7.72. The van der Waals surface area contributed by atoms with Gasteiger partial charge in [0.1, 0.15) is 0 Å². The molecule has 1 N–H and O–H groups in total. The lowest BCUT2D eigenvalue weighted by atomic mass is 10.1. The highest BCUT2D eigenvalue weighted by Gasteiger charge is 2.16. The highest BCUT2D eigenvalue weighted by molar-refractivity contribution is 5.85. The van der Waals surface area contributed by atoms with Crippen molar-refractivity contribution >= 4 is 12.0 Å². The van der Waals surface area contributed by atoms with Gasteiger partial charge in [-0.15, -0.1) is 0 Å². The van der Waals surface area contributed by atoms with E-state index in [2.05, 4.69) is 0 Å². The molecule has 1 aliphatic carbocycles. The average Bonchev–Trinajstić information content (AvgIpc) is 2.97. The molecule has 0 heterocycles. The van der Waals surface area contributed by atoms with Crippen LogP contribution < -0.4 is 9.47 Å². The first-order valence-corrected chi connectivity index (χ1v) is 7.49. The lowest BCUT2D eigenvalue weighted by molar-refractivity contribution is -0.131. The summed E-state index contributed by atoms with van der Waals surface area (Å²) in [7, 11) is 0. The maximum absolute atomic E-state index is 10.6. The third-order valence-electron chi connectivity index (χ3n) is 3.64. The van der Waals surface area contributed by atoms with Crippen LogP contribution in [0.25, 0.3) is 6.08 Å². The van der Waals surface area contributed by atoms with E-state index in [0.29, 0.717) is 18.3 Å². The number of carboxylic acids is 1. The van der Waals surface area contributed by atoms with E-state index < -0.39 is 5.97 Å². The Labute approximate surface area is 125 Å². The van der Waals surface area contributed by atoms with Crippen LogP contribution in [0.2, 0.25) is 0 Å². The van der Waals surface area contributed by atoms with E-state index in [1.165, 1.54) is 25.7 Å². The van der Waals surface area contributed by atoms with Crippen LogP contribution in [-0.2, 0) is 4.79 Å². The van der Waals surface area contributed by atoms with Crippen LogP contribution in [0.4, 0.5) is 0 Å². The van der Waals surface area contributed by atoms with Gasteiger partial charge in [0.25, 0.3) is 0 Å².